The van der Waals surface area contributed by atoms with Crippen LogP contribution >= 0.6 is 0 Å². The van der Waals surface area contributed by atoms with Crippen LogP contribution in [-0.4, -0.2) is 20.3 Å². The van der Waals surface area contributed by atoms with Gasteiger partial charge in [0.2, 0.25) is 0 Å². The summed E-state index contributed by atoms with van der Waals surface area (Å²) in [5, 5.41) is 2.61. The molecule has 0 spiro atoms. The van der Waals surface area contributed by atoms with Gasteiger partial charge >= 0.3 is 6.18 Å². The summed E-state index contributed by atoms with van der Waals surface area (Å²) in [5.74, 6) is -0.477. The van der Waals surface area contributed by atoms with E-state index in [1.807, 2.05) is 29.8 Å². The lowest BCUT2D eigenvalue weighted by molar-refractivity contribution is -0.137. The van der Waals surface area contributed by atoms with E-state index in [-0.39, 0.29) is 5.69 Å². The Bertz CT molecular complexity index is 1640. The number of carbonyl (C=O) groups excluding carboxylic acids is 1. The van der Waals surface area contributed by atoms with Gasteiger partial charge in [-0.05, 0) is 77.6 Å². The standard InChI is InChI=1S/C30H25F3N4O/c1-3-19-12-22(14-23(13-19)27-17-35-28-18-34-10-11-37(27)28)26-15-21(9-8-20(26)4-2)29(38)36-25-7-5-6-24(16-25)30(31,32)33/h5-18H,3-4H2,1-2H3,(H,36,38). The molecule has 0 aliphatic carbocycles. The van der Waals surface area contributed by atoms with Crippen molar-refractivity contribution in [2.24, 2.45) is 0 Å². The zero-order valence-electron chi connectivity index (χ0n) is 20.9. The number of halogens is 3. The summed E-state index contributed by atoms with van der Waals surface area (Å²) in [6, 6.07) is 16.3. The van der Waals surface area contributed by atoms with Crippen LogP contribution in [0.25, 0.3) is 28.0 Å². The number of alkyl halides is 3. The number of amides is 1. The minimum atomic E-state index is -4.49. The van der Waals surface area contributed by atoms with E-state index in [0.29, 0.717) is 5.56 Å². The third kappa shape index (κ3) is 5.02. The van der Waals surface area contributed by atoms with Crippen molar-refractivity contribution >= 4 is 17.2 Å². The molecule has 0 bridgehead atoms. The van der Waals surface area contributed by atoms with E-state index >= 15 is 0 Å². The Morgan fingerprint density at radius 1 is 0.947 bits per heavy atom. The first-order valence-corrected chi connectivity index (χ1v) is 12.3. The van der Waals surface area contributed by atoms with Gasteiger partial charge in [-0.15, -0.1) is 0 Å². The normalized spacial score (nSPS) is 11.6. The molecule has 3 aromatic carbocycles. The van der Waals surface area contributed by atoms with Gasteiger partial charge in [-0.3, -0.25) is 14.2 Å². The van der Waals surface area contributed by atoms with Crippen molar-refractivity contribution in [3.63, 3.8) is 0 Å². The Morgan fingerprint density at radius 2 is 1.76 bits per heavy atom. The lowest BCUT2D eigenvalue weighted by Crippen LogP contribution is -2.13. The summed E-state index contributed by atoms with van der Waals surface area (Å²) >= 11 is 0. The van der Waals surface area contributed by atoms with E-state index in [2.05, 4.69) is 40.4 Å². The van der Waals surface area contributed by atoms with Gasteiger partial charge in [0.1, 0.15) is 0 Å². The average molecular weight is 515 g/mol. The molecule has 0 radical (unpaired) electrons. The van der Waals surface area contributed by atoms with Gasteiger partial charge < -0.3 is 5.32 Å². The Kier molecular flexibility index (Phi) is 6.72. The van der Waals surface area contributed by atoms with Gasteiger partial charge in [-0.1, -0.05) is 32.0 Å². The fraction of sp³-hybridized carbons (Fsp3) is 0.167. The van der Waals surface area contributed by atoms with Gasteiger partial charge in [0, 0.05) is 29.2 Å². The quantitative estimate of drug-likeness (QED) is 0.256. The molecule has 0 saturated carbocycles. The molecule has 2 heterocycles. The molecule has 0 aliphatic rings. The van der Waals surface area contributed by atoms with Gasteiger partial charge in [-0.25, -0.2) is 4.98 Å². The van der Waals surface area contributed by atoms with E-state index in [9.17, 15) is 18.0 Å². The number of aryl methyl sites for hydroxylation is 2. The van der Waals surface area contributed by atoms with Gasteiger partial charge in [0.05, 0.1) is 23.7 Å². The van der Waals surface area contributed by atoms with Crippen LogP contribution in [0.2, 0.25) is 0 Å². The molecule has 1 N–H and O–H groups in total. The molecule has 0 saturated heterocycles. The second-order valence-corrected chi connectivity index (χ2v) is 8.98. The molecule has 0 unspecified atom stereocenters. The zero-order chi connectivity index (χ0) is 26.9. The number of rotatable bonds is 6. The average Bonchev–Trinajstić information content (AvgIpc) is 3.36. The number of imidazole rings is 1. The molecular weight excluding hydrogens is 489 g/mol. The van der Waals surface area contributed by atoms with Crippen LogP contribution in [0, 0.1) is 0 Å². The Balaban J connectivity index is 1.54. The van der Waals surface area contributed by atoms with E-state index in [0.717, 1.165) is 64.1 Å². The first-order valence-electron chi connectivity index (χ1n) is 12.3. The van der Waals surface area contributed by atoms with Crippen molar-refractivity contribution in [2.75, 3.05) is 5.32 Å². The second kappa shape index (κ2) is 10.1. The van der Waals surface area contributed by atoms with Crippen molar-refractivity contribution in [3.8, 4) is 22.4 Å². The molecule has 192 valence electrons. The second-order valence-electron chi connectivity index (χ2n) is 8.98. The maximum absolute atomic E-state index is 13.1. The summed E-state index contributed by atoms with van der Waals surface area (Å²) in [6.07, 6.45) is 4.17. The van der Waals surface area contributed by atoms with E-state index in [4.69, 9.17) is 0 Å². The van der Waals surface area contributed by atoms with Crippen LogP contribution in [0.4, 0.5) is 18.9 Å². The fourth-order valence-corrected chi connectivity index (χ4v) is 4.53. The number of aromatic nitrogens is 3. The van der Waals surface area contributed by atoms with Gasteiger partial charge in [0.25, 0.3) is 5.91 Å². The maximum Gasteiger partial charge on any atom is 0.416 e. The molecule has 0 atom stereocenters. The predicted molar refractivity (Wildman–Crippen MR) is 142 cm³/mol. The topological polar surface area (TPSA) is 59.3 Å². The van der Waals surface area contributed by atoms with Crippen LogP contribution < -0.4 is 5.32 Å². The van der Waals surface area contributed by atoms with E-state index < -0.39 is 17.6 Å². The summed E-state index contributed by atoms with van der Waals surface area (Å²) in [5.41, 5.74) is 6.32. The third-order valence-electron chi connectivity index (χ3n) is 6.53. The number of hydrogen-bond donors (Lipinski definition) is 1. The SMILES string of the molecule is CCc1cc(-c2cc(C(=O)Nc3cccc(C(F)(F)F)c3)ccc2CC)cc(-c2cnc3cnccn23)c1. The van der Waals surface area contributed by atoms with Gasteiger partial charge in [-0.2, -0.15) is 13.2 Å². The van der Waals surface area contributed by atoms with Crippen molar-refractivity contribution in [1.82, 2.24) is 14.4 Å². The minimum Gasteiger partial charge on any atom is -0.322 e. The molecule has 38 heavy (non-hydrogen) atoms. The molecule has 2 aromatic heterocycles. The maximum atomic E-state index is 13.1. The van der Waals surface area contributed by atoms with Crippen LogP contribution in [0.3, 0.4) is 0 Å². The van der Waals surface area contributed by atoms with Crippen molar-refractivity contribution < 1.29 is 18.0 Å². The Hall–Kier alpha value is -4.46. The summed E-state index contributed by atoms with van der Waals surface area (Å²) < 4.78 is 41.3. The number of hydrogen-bond acceptors (Lipinski definition) is 3. The highest BCUT2D eigenvalue weighted by atomic mass is 19.4. The van der Waals surface area contributed by atoms with Crippen molar-refractivity contribution in [3.05, 3.63) is 108 Å². The van der Waals surface area contributed by atoms with Crippen LogP contribution in [-0.2, 0) is 19.0 Å². The number of benzene rings is 3. The summed E-state index contributed by atoms with van der Waals surface area (Å²) in [6.45, 7) is 4.13. The predicted octanol–water partition coefficient (Wildman–Crippen LogP) is 7.46. The summed E-state index contributed by atoms with van der Waals surface area (Å²) in [7, 11) is 0. The highest BCUT2D eigenvalue weighted by Crippen LogP contribution is 2.33. The number of fused-ring (bicyclic) bond motifs is 1. The van der Waals surface area contributed by atoms with Gasteiger partial charge in [0.15, 0.2) is 5.65 Å². The highest BCUT2D eigenvalue weighted by Gasteiger charge is 2.30. The van der Waals surface area contributed by atoms with E-state index in [1.54, 1.807) is 24.5 Å². The molecule has 8 heteroatoms. The number of nitrogens with zero attached hydrogens (tertiary/aromatic N) is 3. The monoisotopic (exact) mass is 514 g/mol. The molecule has 5 nitrogen and oxygen atoms in total. The fourth-order valence-electron chi connectivity index (χ4n) is 4.53. The number of anilines is 1. The molecule has 5 aromatic rings. The van der Waals surface area contributed by atoms with Crippen molar-refractivity contribution in [1.29, 1.82) is 0 Å². The highest BCUT2D eigenvalue weighted by molar-refractivity contribution is 6.05. The third-order valence-corrected chi connectivity index (χ3v) is 6.53. The minimum absolute atomic E-state index is 0.0864. The lowest BCUT2D eigenvalue weighted by atomic mass is 9.92. The number of nitrogens with one attached hydrogen (secondary N) is 1. The first-order chi connectivity index (χ1) is 18.3. The van der Waals surface area contributed by atoms with Crippen LogP contribution in [0.1, 0.15) is 40.9 Å². The van der Waals surface area contributed by atoms with E-state index in [1.165, 1.54) is 12.1 Å². The molecule has 0 fully saturated rings. The van der Waals surface area contributed by atoms with Crippen molar-refractivity contribution in [2.45, 2.75) is 32.9 Å². The van der Waals surface area contributed by atoms with Crippen LogP contribution in [0.5, 0.6) is 0 Å². The lowest BCUT2D eigenvalue weighted by Gasteiger charge is -2.15. The molecule has 0 aliphatic heterocycles. The molecule has 5 rings (SSSR count). The molecular formula is C30H25F3N4O. The first kappa shape index (κ1) is 25.2. The Labute approximate surface area is 218 Å². The van der Waals surface area contributed by atoms with Crippen LogP contribution in [0.15, 0.2) is 85.5 Å². The zero-order valence-corrected chi connectivity index (χ0v) is 20.9. The summed E-state index contributed by atoms with van der Waals surface area (Å²) in [4.78, 5) is 21.7. The number of carbonyl (C=O) groups is 1. The molecule has 1 amide bonds. The Morgan fingerprint density at radius 3 is 2.53 bits per heavy atom. The smallest absolute Gasteiger partial charge is 0.322 e. The largest absolute Gasteiger partial charge is 0.416 e.